The fourth-order valence-corrected chi connectivity index (χ4v) is 1.87. The van der Waals surface area contributed by atoms with Gasteiger partial charge < -0.3 is 4.90 Å². The molecule has 0 atom stereocenters. The Morgan fingerprint density at radius 3 is 2.78 bits per heavy atom. The van der Waals surface area contributed by atoms with Gasteiger partial charge in [0.2, 0.25) is 6.41 Å². The van der Waals surface area contributed by atoms with Crippen molar-refractivity contribution < 1.29 is 14.0 Å². The molecule has 1 aliphatic rings. The van der Waals surface area contributed by atoms with Crippen LogP contribution in [0.3, 0.4) is 0 Å². The van der Waals surface area contributed by atoms with Crippen LogP contribution >= 0.6 is 0 Å². The first-order chi connectivity index (χ1) is 8.52. The lowest BCUT2D eigenvalue weighted by Gasteiger charge is -2.20. The summed E-state index contributed by atoms with van der Waals surface area (Å²) in [4.78, 5) is 24.1. The minimum Gasteiger partial charge on any atom is -0.307 e. The van der Waals surface area contributed by atoms with Gasteiger partial charge in [0, 0.05) is 11.6 Å². The van der Waals surface area contributed by atoms with E-state index in [4.69, 9.17) is 7.85 Å². The molecule has 0 spiro atoms. The van der Waals surface area contributed by atoms with Crippen LogP contribution in [0.4, 0.5) is 10.1 Å². The number of aryl methyl sites for hydroxylation is 1. The maximum absolute atomic E-state index is 13.2. The number of ketones is 1. The molecule has 1 fully saturated rings. The van der Waals surface area contributed by atoms with E-state index in [0.29, 0.717) is 17.7 Å². The molecule has 92 valence electrons. The summed E-state index contributed by atoms with van der Waals surface area (Å²) in [6.45, 7) is 1.70. The van der Waals surface area contributed by atoms with E-state index in [2.05, 4.69) is 0 Å². The van der Waals surface area contributed by atoms with Crippen molar-refractivity contribution in [3.05, 3.63) is 23.5 Å². The van der Waals surface area contributed by atoms with Crippen LogP contribution in [-0.2, 0) is 9.59 Å². The van der Waals surface area contributed by atoms with Crippen LogP contribution in [-0.4, -0.2) is 26.6 Å². The number of carbonyl (C=O) groups is 2. The first-order valence-electron chi connectivity index (χ1n) is 5.83. The molecule has 0 saturated heterocycles. The van der Waals surface area contributed by atoms with Crippen molar-refractivity contribution in [3.8, 4) is 0 Å². The third-order valence-corrected chi connectivity index (χ3v) is 3.11. The van der Waals surface area contributed by atoms with Crippen LogP contribution in [0.2, 0.25) is 0 Å². The first kappa shape index (κ1) is 12.8. The molecule has 5 heteroatoms. The van der Waals surface area contributed by atoms with E-state index in [1.54, 1.807) is 6.92 Å². The van der Waals surface area contributed by atoms with Crippen LogP contribution in [0.1, 0.15) is 18.4 Å². The average Bonchev–Trinajstić information content (AvgIpc) is 3.15. The van der Waals surface area contributed by atoms with E-state index in [1.807, 2.05) is 0 Å². The second-order valence-corrected chi connectivity index (χ2v) is 4.63. The maximum atomic E-state index is 13.2. The summed E-state index contributed by atoms with van der Waals surface area (Å²) in [5, 5.41) is 0. The first-order valence-corrected chi connectivity index (χ1v) is 5.83. The predicted octanol–water partition coefficient (Wildman–Crippen LogP) is 0.870. The number of hydrogen-bond acceptors (Lipinski definition) is 2. The summed E-state index contributed by atoms with van der Waals surface area (Å²) in [6, 6.07) is 2.65. The van der Waals surface area contributed by atoms with Crippen LogP contribution in [0.5, 0.6) is 0 Å². The van der Waals surface area contributed by atoms with Gasteiger partial charge in [0.05, 0.1) is 6.54 Å². The SMILES string of the molecule is [B]c1cc(N(C=O)CC(=O)C2CC2)c(C)cc1F. The molecule has 1 amide bonds. The van der Waals surface area contributed by atoms with Crippen molar-refractivity contribution >= 4 is 31.2 Å². The smallest absolute Gasteiger partial charge is 0.214 e. The molecule has 0 N–H and O–H groups in total. The third kappa shape index (κ3) is 2.60. The molecular formula is C13H13BFNO2. The lowest BCUT2D eigenvalue weighted by atomic mass is 9.93. The summed E-state index contributed by atoms with van der Waals surface area (Å²) >= 11 is 0. The van der Waals surface area contributed by atoms with Gasteiger partial charge in [0.1, 0.15) is 13.7 Å². The Bertz CT molecular complexity index is 500. The molecule has 2 radical (unpaired) electrons. The number of carbonyl (C=O) groups excluding carboxylic acids is 2. The molecule has 1 aromatic rings. The van der Waals surface area contributed by atoms with Gasteiger partial charge in [0.25, 0.3) is 0 Å². The minimum atomic E-state index is -0.518. The molecule has 0 unspecified atom stereocenters. The summed E-state index contributed by atoms with van der Waals surface area (Å²) in [5.41, 5.74) is 1.04. The molecular weight excluding hydrogens is 232 g/mol. The summed E-state index contributed by atoms with van der Waals surface area (Å²) in [7, 11) is 5.48. The topological polar surface area (TPSA) is 37.4 Å². The van der Waals surface area contributed by atoms with Crippen molar-refractivity contribution in [1.82, 2.24) is 0 Å². The highest BCUT2D eigenvalue weighted by Gasteiger charge is 2.30. The second-order valence-electron chi connectivity index (χ2n) is 4.63. The highest BCUT2D eigenvalue weighted by Crippen LogP contribution is 2.30. The van der Waals surface area contributed by atoms with Gasteiger partial charge in [-0.2, -0.15) is 0 Å². The molecule has 1 aromatic carbocycles. The molecule has 1 saturated carbocycles. The minimum absolute atomic E-state index is 0.0266. The predicted molar refractivity (Wildman–Crippen MR) is 67.7 cm³/mol. The maximum Gasteiger partial charge on any atom is 0.214 e. The van der Waals surface area contributed by atoms with Crippen LogP contribution in [0, 0.1) is 18.7 Å². The van der Waals surface area contributed by atoms with Gasteiger partial charge in [-0.1, -0.05) is 5.46 Å². The van der Waals surface area contributed by atoms with Crippen molar-refractivity contribution in [3.63, 3.8) is 0 Å². The van der Waals surface area contributed by atoms with Gasteiger partial charge in [-0.15, -0.1) is 0 Å². The molecule has 0 bridgehead atoms. The summed E-state index contributed by atoms with van der Waals surface area (Å²) in [6.07, 6.45) is 2.38. The van der Waals surface area contributed by atoms with Crippen molar-refractivity contribution in [2.75, 3.05) is 11.4 Å². The lowest BCUT2D eigenvalue weighted by molar-refractivity contribution is -0.120. The number of amides is 1. The van der Waals surface area contributed by atoms with Crippen LogP contribution in [0.15, 0.2) is 12.1 Å². The highest BCUT2D eigenvalue weighted by molar-refractivity contribution is 6.32. The molecule has 0 aliphatic heterocycles. The Morgan fingerprint density at radius 2 is 2.22 bits per heavy atom. The van der Waals surface area contributed by atoms with Crippen molar-refractivity contribution in [1.29, 1.82) is 0 Å². The van der Waals surface area contributed by atoms with Crippen molar-refractivity contribution in [2.45, 2.75) is 19.8 Å². The lowest BCUT2D eigenvalue weighted by Crippen LogP contribution is -2.31. The Hall–Kier alpha value is -1.65. The standard InChI is InChI=1S/C13H13BFNO2/c1-8-4-11(15)10(14)5-12(8)16(7-17)6-13(18)9-2-3-9/h4-5,7,9H,2-3,6H2,1H3. The zero-order chi connectivity index (χ0) is 13.3. The summed E-state index contributed by atoms with van der Waals surface area (Å²) < 4.78 is 13.2. The second kappa shape index (κ2) is 4.92. The molecule has 1 aliphatic carbocycles. The van der Waals surface area contributed by atoms with E-state index in [-0.39, 0.29) is 23.7 Å². The van der Waals surface area contributed by atoms with Gasteiger partial charge >= 0.3 is 0 Å². The molecule has 0 heterocycles. The fourth-order valence-electron chi connectivity index (χ4n) is 1.87. The number of anilines is 1. The van der Waals surface area contributed by atoms with E-state index < -0.39 is 5.82 Å². The normalized spacial score (nSPS) is 14.3. The van der Waals surface area contributed by atoms with Crippen molar-refractivity contribution in [2.24, 2.45) is 5.92 Å². The number of hydrogen-bond donors (Lipinski definition) is 0. The van der Waals surface area contributed by atoms with Gasteiger partial charge in [-0.25, -0.2) is 4.39 Å². The number of halogens is 1. The van der Waals surface area contributed by atoms with Gasteiger partial charge in [-0.05, 0) is 37.5 Å². The number of nitrogens with zero attached hydrogens (tertiary/aromatic N) is 1. The Balaban J connectivity index is 2.23. The third-order valence-electron chi connectivity index (χ3n) is 3.11. The Kier molecular flexibility index (Phi) is 3.50. The molecule has 2 rings (SSSR count). The van der Waals surface area contributed by atoms with E-state index in [9.17, 15) is 14.0 Å². The van der Waals surface area contributed by atoms with Gasteiger partial charge in [-0.3, -0.25) is 9.59 Å². The van der Waals surface area contributed by atoms with Crippen LogP contribution < -0.4 is 10.4 Å². The van der Waals surface area contributed by atoms with Gasteiger partial charge in [0.15, 0.2) is 5.78 Å². The highest BCUT2D eigenvalue weighted by atomic mass is 19.1. The summed E-state index contributed by atoms with van der Waals surface area (Å²) in [5.74, 6) is -0.384. The molecule has 18 heavy (non-hydrogen) atoms. The Labute approximate surface area is 106 Å². The Morgan fingerprint density at radius 1 is 1.56 bits per heavy atom. The number of Topliss-reactive ketones (excluding diaryl/α,β-unsaturated/α-hetero) is 1. The monoisotopic (exact) mass is 245 g/mol. The molecule has 3 nitrogen and oxygen atoms in total. The quantitative estimate of drug-likeness (QED) is 0.570. The number of rotatable bonds is 5. The van der Waals surface area contributed by atoms with Crippen LogP contribution in [0.25, 0.3) is 0 Å². The van der Waals surface area contributed by atoms with E-state index >= 15 is 0 Å². The largest absolute Gasteiger partial charge is 0.307 e. The zero-order valence-electron chi connectivity index (χ0n) is 10.1. The average molecular weight is 245 g/mol. The van der Waals surface area contributed by atoms with E-state index in [0.717, 1.165) is 12.8 Å². The fraction of sp³-hybridized carbons (Fsp3) is 0.385. The zero-order valence-corrected chi connectivity index (χ0v) is 10.1. The molecule has 0 aromatic heterocycles. The number of benzene rings is 1. The van der Waals surface area contributed by atoms with E-state index in [1.165, 1.54) is 17.0 Å².